The number of pyridine rings is 1. The third kappa shape index (κ3) is 3.12. The molecule has 0 radical (unpaired) electrons. The molecule has 0 N–H and O–H groups in total. The molecule has 1 aromatic heterocycles. The van der Waals surface area contributed by atoms with Crippen molar-refractivity contribution in [2.24, 2.45) is 0 Å². The minimum atomic E-state index is -0.706. The Kier molecular flexibility index (Phi) is 3.82. The summed E-state index contributed by atoms with van der Waals surface area (Å²) in [6.45, 7) is -0.117. The average molecular weight is 257 g/mol. The maximum atomic E-state index is 12.1. The maximum absolute atomic E-state index is 12.1. The van der Waals surface area contributed by atoms with Crippen LogP contribution in [0.25, 0.3) is 0 Å². The Morgan fingerprint density at radius 1 is 1.21 bits per heavy atom. The van der Waals surface area contributed by atoms with Gasteiger partial charge in [-0.05, 0) is 23.8 Å². The lowest BCUT2D eigenvalue weighted by molar-refractivity contribution is -0.635. The van der Waals surface area contributed by atoms with E-state index in [0.717, 1.165) is 0 Å². The monoisotopic (exact) mass is 257 g/mol. The van der Waals surface area contributed by atoms with Gasteiger partial charge in [-0.25, -0.2) is 10.1 Å². The van der Waals surface area contributed by atoms with Crippen molar-refractivity contribution in [2.45, 2.75) is 6.54 Å². The lowest BCUT2D eigenvalue weighted by atomic mass is 10.2. The summed E-state index contributed by atoms with van der Waals surface area (Å²) in [6, 6.07) is 11.5. The second-order valence-electron chi connectivity index (χ2n) is 3.83. The van der Waals surface area contributed by atoms with Gasteiger partial charge < -0.3 is 0 Å². The first-order chi connectivity index (χ1) is 9.18. The number of hydrogen-bond acceptors (Lipinski definition) is 4. The summed E-state index contributed by atoms with van der Waals surface area (Å²) in [4.78, 5) is 26.9. The summed E-state index contributed by atoms with van der Waals surface area (Å²) >= 11 is 0. The Morgan fingerprint density at radius 3 is 2.53 bits per heavy atom. The number of carbonyl (C=O) groups is 1. The first-order valence-electron chi connectivity index (χ1n) is 5.58. The molecule has 0 saturated carbocycles. The van der Waals surface area contributed by atoms with E-state index in [2.05, 4.69) is 4.98 Å². The van der Waals surface area contributed by atoms with E-state index in [1.807, 2.05) is 0 Å². The van der Waals surface area contributed by atoms with Gasteiger partial charge in [-0.3, -0.25) is 9.78 Å². The van der Waals surface area contributed by atoms with E-state index in [-0.39, 0.29) is 12.1 Å². The molecule has 0 bridgehead atoms. The summed E-state index contributed by atoms with van der Waals surface area (Å²) in [5.41, 5.74) is 0.881. The molecule has 1 aromatic carbocycles. The van der Waals surface area contributed by atoms with Crippen molar-refractivity contribution in [1.29, 1.82) is 0 Å². The summed E-state index contributed by atoms with van der Waals surface area (Å²) in [6.07, 6.45) is 3.06. The Bertz CT molecular complexity index is 572. The smallest absolute Gasteiger partial charge is 0.264 e. The number of benzene rings is 1. The molecule has 0 aliphatic heterocycles. The van der Waals surface area contributed by atoms with Crippen LogP contribution in [0, 0.1) is 10.1 Å². The van der Waals surface area contributed by atoms with Gasteiger partial charge in [-0.2, -0.15) is 0 Å². The molecular weight excluding hydrogens is 246 g/mol. The second kappa shape index (κ2) is 5.72. The van der Waals surface area contributed by atoms with Crippen LogP contribution in [0.1, 0.15) is 15.9 Å². The van der Waals surface area contributed by atoms with Crippen molar-refractivity contribution in [3.63, 3.8) is 0 Å². The number of hydrogen-bond donors (Lipinski definition) is 0. The summed E-state index contributed by atoms with van der Waals surface area (Å²) in [5, 5.41) is 10.9. The van der Waals surface area contributed by atoms with E-state index in [1.165, 1.54) is 6.20 Å². The van der Waals surface area contributed by atoms with E-state index < -0.39 is 10.9 Å². The summed E-state index contributed by atoms with van der Waals surface area (Å²) < 4.78 is 0. The van der Waals surface area contributed by atoms with Crippen LogP contribution in [0.3, 0.4) is 0 Å². The average Bonchev–Trinajstić information content (AvgIpc) is 2.46. The maximum Gasteiger partial charge on any atom is 0.314 e. The number of aromatic nitrogens is 1. The van der Waals surface area contributed by atoms with Crippen LogP contribution < -0.4 is 0 Å². The molecule has 6 nitrogen and oxygen atoms in total. The van der Waals surface area contributed by atoms with E-state index in [0.29, 0.717) is 10.6 Å². The highest BCUT2D eigenvalue weighted by molar-refractivity contribution is 5.93. The van der Waals surface area contributed by atoms with E-state index in [1.54, 1.807) is 48.7 Å². The normalized spacial score (nSPS) is 9.89. The minimum absolute atomic E-state index is 0.117. The quantitative estimate of drug-likeness (QED) is 0.619. The van der Waals surface area contributed by atoms with Crippen molar-refractivity contribution in [1.82, 2.24) is 9.99 Å². The lowest BCUT2D eigenvalue weighted by Gasteiger charge is -2.12. The predicted molar refractivity (Wildman–Crippen MR) is 67.5 cm³/mol. The molecule has 1 amide bonds. The van der Waals surface area contributed by atoms with Crippen molar-refractivity contribution in [2.75, 3.05) is 0 Å². The highest BCUT2D eigenvalue weighted by Crippen LogP contribution is 2.09. The fraction of sp³-hybridized carbons (Fsp3) is 0.0769. The van der Waals surface area contributed by atoms with Gasteiger partial charge in [0.15, 0.2) is 5.03 Å². The van der Waals surface area contributed by atoms with E-state index in [9.17, 15) is 14.9 Å². The standard InChI is InChI=1S/C13H11N3O3/c17-13(12-6-2-1-3-7-12)15(16(18)19)10-11-5-4-8-14-9-11/h1-9H,10H2. The number of nitrogens with zero attached hydrogens (tertiary/aromatic N) is 3. The summed E-state index contributed by atoms with van der Waals surface area (Å²) in [7, 11) is 0. The van der Waals surface area contributed by atoms with Crippen LogP contribution in [0.2, 0.25) is 0 Å². The number of rotatable bonds is 4. The molecule has 0 unspecified atom stereocenters. The van der Waals surface area contributed by atoms with Gasteiger partial charge in [0.05, 0.1) is 0 Å². The zero-order chi connectivity index (χ0) is 13.7. The van der Waals surface area contributed by atoms with Crippen LogP contribution in [-0.2, 0) is 6.54 Å². The van der Waals surface area contributed by atoms with Gasteiger partial charge in [0, 0.05) is 18.0 Å². The molecule has 6 heteroatoms. The predicted octanol–water partition coefficient (Wildman–Crippen LogP) is 1.92. The highest BCUT2D eigenvalue weighted by atomic mass is 16.7. The first-order valence-corrected chi connectivity index (χ1v) is 5.58. The molecule has 0 saturated heterocycles. The van der Waals surface area contributed by atoms with Crippen molar-refractivity contribution < 1.29 is 9.83 Å². The number of nitro groups is 1. The SMILES string of the molecule is O=C(c1ccccc1)N(Cc1cccnc1)[N+](=O)[O-]. The minimum Gasteiger partial charge on any atom is -0.264 e. The van der Waals surface area contributed by atoms with E-state index >= 15 is 0 Å². The molecule has 19 heavy (non-hydrogen) atoms. The Hall–Kier alpha value is -2.76. The molecule has 96 valence electrons. The summed E-state index contributed by atoms with van der Waals surface area (Å²) in [5.74, 6) is -0.644. The first kappa shape index (κ1) is 12.7. The highest BCUT2D eigenvalue weighted by Gasteiger charge is 2.25. The van der Waals surface area contributed by atoms with Gasteiger partial charge in [-0.1, -0.05) is 29.3 Å². The largest absolute Gasteiger partial charge is 0.314 e. The molecule has 1 heterocycles. The van der Waals surface area contributed by atoms with Gasteiger partial charge in [0.1, 0.15) is 6.54 Å². The van der Waals surface area contributed by atoms with Crippen LogP contribution in [-0.4, -0.2) is 20.9 Å². The zero-order valence-electron chi connectivity index (χ0n) is 9.97. The zero-order valence-corrected chi connectivity index (χ0v) is 9.97. The number of carbonyl (C=O) groups excluding carboxylic acids is 1. The molecule has 0 aliphatic rings. The van der Waals surface area contributed by atoms with Crippen LogP contribution in [0.5, 0.6) is 0 Å². The molecular formula is C13H11N3O3. The van der Waals surface area contributed by atoms with Crippen LogP contribution >= 0.6 is 0 Å². The lowest BCUT2D eigenvalue weighted by Crippen LogP contribution is -2.35. The Labute approximate surface area is 109 Å². The van der Waals surface area contributed by atoms with Crippen molar-refractivity contribution >= 4 is 5.91 Å². The van der Waals surface area contributed by atoms with Crippen molar-refractivity contribution in [3.8, 4) is 0 Å². The van der Waals surface area contributed by atoms with Crippen LogP contribution in [0.15, 0.2) is 54.9 Å². The van der Waals surface area contributed by atoms with Gasteiger partial charge in [-0.15, -0.1) is 0 Å². The molecule has 0 atom stereocenters. The van der Waals surface area contributed by atoms with Gasteiger partial charge >= 0.3 is 5.91 Å². The third-order valence-corrected chi connectivity index (χ3v) is 2.51. The Balaban J connectivity index is 2.22. The Morgan fingerprint density at radius 2 is 1.95 bits per heavy atom. The fourth-order valence-corrected chi connectivity index (χ4v) is 1.60. The van der Waals surface area contributed by atoms with Gasteiger partial charge in [0.2, 0.25) is 0 Å². The van der Waals surface area contributed by atoms with E-state index in [4.69, 9.17) is 0 Å². The second-order valence-corrected chi connectivity index (χ2v) is 3.83. The molecule has 0 aliphatic carbocycles. The number of hydrazine groups is 1. The molecule has 2 rings (SSSR count). The molecule has 0 spiro atoms. The van der Waals surface area contributed by atoms with Crippen LogP contribution in [0.4, 0.5) is 0 Å². The van der Waals surface area contributed by atoms with Crippen molar-refractivity contribution in [3.05, 3.63) is 76.1 Å². The number of amides is 1. The fourth-order valence-electron chi connectivity index (χ4n) is 1.60. The molecule has 0 fully saturated rings. The molecule has 2 aromatic rings. The van der Waals surface area contributed by atoms with Gasteiger partial charge in [0.25, 0.3) is 0 Å². The third-order valence-electron chi connectivity index (χ3n) is 2.51. The topological polar surface area (TPSA) is 76.3 Å².